The van der Waals surface area contributed by atoms with Crippen molar-refractivity contribution in [2.75, 3.05) is 18.9 Å². The van der Waals surface area contributed by atoms with Gasteiger partial charge in [-0.2, -0.15) is 5.10 Å². The lowest BCUT2D eigenvalue weighted by Crippen LogP contribution is -3.08. The van der Waals surface area contributed by atoms with Gasteiger partial charge in [0.25, 0.3) is 5.91 Å². The van der Waals surface area contributed by atoms with E-state index in [1.54, 1.807) is 0 Å². The van der Waals surface area contributed by atoms with Crippen LogP contribution in [-0.2, 0) is 11.3 Å². The van der Waals surface area contributed by atoms with Crippen LogP contribution in [0.5, 0.6) is 0 Å². The molecule has 0 fully saturated rings. The van der Waals surface area contributed by atoms with Gasteiger partial charge in [0.2, 0.25) is 0 Å². The van der Waals surface area contributed by atoms with Crippen molar-refractivity contribution in [2.24, 2.45) is 0 Å². The second kappa shape index (κ2) is 9.62. The van der Waals surface area contributed by atoms with Gasteiger partial charge in [0.05, 0.1) is 18.3 Å². The third-order valence-electron chi connectivity index (χ3n) is 5.56. The predicted octanol–water partition coefficient (Wildman–Crippen LogP) is 3.81. The van der Waals surface area contributed by atoms with Gasteiger partial charge in [-0.3, -0.25) is 4.79 Å². The molecule has 0 spiro atoms. The zero-order chi connectivity index (χ0) is 22.5. The Kier molecular flexibility index (Phi) is 6.47. The third-order valence-corrected chi connectivity index (χ3v) is 5.56. The normalized spacial score (nSPS) is 11.8. The zero-order valence-electron chi connectivity index (χ0n) is 18.8. The number of quaternary nitrogens is 1. The molecular formula is C27H29N4O+. The van der Waals surface area contributed by atoms with Gasteiger partial charge >= 0.3 is 0 Å². The number of amides is 1. The first-order valence-corrected chi connectivity index (χ1v) is 10.9. The lowest BCUT2D eigenvalue weighted by molar-refractivity contribution is -0.885. The van der Waals surface area contributed by atoms with Gasteiger partial charge in [0.15, 0.2) is 6.54 Å². The molecule has 4 rings (SSSR count). The topological polar surface area (TPSA) is 51.4 Å². The second-order valence-electron chi connectivity index (χ2n) is 8.27. The summed E-state index contributed by atoms with van der Waals surface area (Å²) in [7, 11) is 2.04. The first-order chi connectivity index (χ1) is 15.5. The van der Waals surface area contributed by atoms with Crippen LogP contribution in [0.4, 0.5) is 5.69 Å². The fourth-order valence-electron chi connectivity index (χ4n) is 3.95. The van der Waals surface area contributed by atoms with Crippen molar-refractivity contribution in [1.29, 1.82) is 0 Å². The number of nitrogens with zero attached hydrogens (tertiary/aromatic N) is 2. The number of aryl methyl sites for hydroxylation is 2. The van der Waals surface area contributed by atoms with Crippen LogP contribution in [0.1, 0.15) is 16.7 Å². The van der Waals surface area contributed by atoms with Gasteiger partial charge in [-0.25, -0.2) is 4.68 Å². The molecule has 1 aromatic heterocycles. The molecule has 0 saturated heterocycles. The van der Waals surface area contributed by atoms with E-state index in [4.69, 9.17) is 5.10 Å². The first-order valence-electron chi connectivity index (χ1n) is 10.9. The van der Waals surface area contributed by atoms with Crippen LogP contribution in [0.3, 0.4) is 0 Å². The highest BCUT2D eigenvalue weighted by Crippen LogP contribution is 2.23. The summed E-state index contributed by atoms with van der Waals surface area (Å²) in [5.41, 5.74) is 7.21. The van der Waals surface area contributed by atoms with Gasteiger partial charge in [-0.15, -0.1) is 0 Å². The van der Waals surface area contributed by atoms with Crippen LogP contribution < -0.4 is 10.2 Å². The molecule has 3 aromatic carbocycles. The Bertz CT molecular complexity index is 1180. The molecule has 162 valence electrons. The van der Waals surface area contributed by atoms with Crippen molar-refractivity contribution < 1.29 is 9.69 Å². The van der Waals surface area contributed by atoms with Crippen LogP contribution in [0, 0.1) is 13.8 Å². The number of nitrogens with one attached hydrogen (secondary N) is 2. The van der Waals surface area contributed by atoms with Gasteiger partial charge in [0, 0.05) is 17.4 Å². The number of carbonyl (C=O) groups is 1. The van der Waals surface area contributed by atoms with Crippen LogP contribution >= 0.6 is 0 Å². The molecule has 0 saturated carbocycles. The van der Waals surface area contributed by atoms with Gasteiger partial charge < -0.3 is 10.2 Å². The maximum atomic E-state index is 12.7. The van der Waals surface area contributed by atoms with E-state index in [9.17, 15) is 4.79 Å². The molecule has 1 atom stereocenters. The van der Waals surface area contributed by atoms with Crippen molar-refractivity contribution in [3.8, 4) is 16.9 Å². The van der Waals surface area contributed by atoms with Gasteiger partial charge in [0.1, 0.15) is 12.2 Å². The number of carbonyl (C=O) groups excluding carboxylic acids is 1. The van der Waals surface area contributed by atoms with E-state index in [1.165, 1.54) is 0 Å². The zero-order valence-corrected chi connectivity index (χ0v) is 18.8. The van der Waals surface area contributed by atoms with Crippen molar-refractivity contribution in [3.05, 3.63) is 102 Å². The van der Waals surface area contributed by atoms with E-state index < -0.39 is 0 Å². The van der Waals surface area contributed by atoms with E-state index in [2.05, 4.69) is 23.6 Å². The van der Waals surface area contributed by atoms with E-state index in [0.29, 0.717) is 13.1 Å². The maximum absolute atomic E-state index is 12.7. The summed E-state index contributed by atoms with van der Waals surface area (Å²) in [5.74, 6) is 0.0108. The molecule has 32 heavy (non-hydrogen) atoms. The number of anilines is 1. The molecule has 0 radical (unpaired) electrons. The molecule has 0 aliphatic carbocycles. The minimum absolute atomic E-state index is 0.0108. The molecule has 2 N–H and O–H groups in total. The quantitative estimate of drug-likeness (QED) is 0.473. The molecule has 0 aliphatic heterocycles. The molecular weight excluding hydrogens is 396 g/mol. The van der Waals surface area contributed by atoms with Crippen LogP contribution in [0.15, 0.2) is 85.1 Å². The Balaban J connectivity index is 1.53. The summed E-state index contributed by atoms with van der Waals surface area (Å²) in [5, 5.41) is 7.97. The van der Waals surface area contributed by atoms with Crippen molar-refractivity contribution in [2.45, 2.75) is 20.4 Å². The van der Waals surface area contributed by atoms with Crippen molar-refractivity contribution in [1.82, 2.24) is 9.78 Å². The number of hydrogen-bond donors (Lipinski definition) is 2. The van der Waals surface area contributed by atoms with E-state index >= 15 is 0 Å². The minimum atomic E-state index is 0.0108. The highest BCUT2D eigenvalue weighted by Gasteiger charge is 2.18. The molecule has 0 bridgehead atoms. The number of likely N-dealkylation sites (N-methyl/N-ethyl adjacent to an activating group) is 1. The smallest absolute Gasteiger partial charge is 0.279 e. The summed E-state index contributed by atoms with van der Waals surface area (Å²) >= 11 is 0. The molecule has 1 amide bonds. The first kappa shape index (κ1) is 21.5. The number of aromatic nitrogens is 2. The lowest BCUT2D eigenvalue weighted by atomic mass is 10.1. The van der Waals surface area contributed by atoms with Gasteiger partial charge in [-0.1, -0.05) is 66.7 Å². The Morgan fingerprint density at radius 2 is 1.53 bits per heavy atom. The standard InChI is InChI=1S/C27H28N4O/c1-20-11-10-12-21(2)26(20)28-25(32)19-30(3)17-23-18-31(24-15-8-5-9-16-24)29-27(23)22-13-6-4-7-14-22/h4-16,18H,17,19H2,1-3H3,(H,28,32)/p+1. The lowest BCUT2D eigenvalue weighted by Gasteiger charge is -2.15. The molecule has 1 heterocycles. The Morgan fingerprint density at radius 1 is 0.906 bits per heavy atom. The summed E-state index contributed by atoms with van der Waals surface area (Å²) in [6.07, 6.45) is 2.07. The maximum Gasteiger partial charge on any atom is 0.279 e. The van der Waals surface area contributed by atoms with Crippen molar-refractivity contribution >= 4 is 11.6 Å². The molecule has 0 aliphatic rings. The van der Waals surface area contributed by atoms with E-state index in [0.717, 1.165) is 44.2 Å². The highest BCUT2D eigenvalue weighted by atomic mass is 16.2. The largest absolute Gasteiger partial charge is 0.326 e. The van der Waals surface area contributed by atoms with Crippen LogP contribution in [-0.4, -0.2) is 29.3 Å². The third kappa shape index (κ3) is 4.95. The number of rotatable bonds is 7. The monoisotopic (exact) mass is 425 g/mol. The average Bonchev–Trinajstić information content (AvgIpc) is 3.21. The van der Waals surface area contributed by atoms with Crippen LogP contribution in [0.2, 0.25) is 0 Å². The summed E-state index contributed by atoms with van der Waals surface area (Å²) in [6, 6.07) is 26.3. The highest BCUT2D eigenvalue weighted by molar-refractivity contribution is 5.93. The van der Waals surface area contributed by atoms with Gasteiger partial charge in [-0.05, 0) is 37.1 Å². The second-order valence-corrected chi connectivity index (χ2v) is 8.27. The SMILES string of the molecule is Cc1cccc(C)c1NC(=O)C[NH+](C)Cc1cn(-c2ccccc2)nc1-c1ccccc1. The molecule has 1 unspecified atom stereocenters. The summed E-state index contributed by atoms with van der Waals surface area (Å²) in [6.45, 7) is 5.10. The Hall–Kier alpha value is -3.70. The van der Waals surface area contributed by atoms with Crippen molar-refractivity contribution in [3.63, 3.8) is 0 Å². The summed E-state index contributed by atoms with van der Waals surface area (Å²) in [4.78, 5) is 13.8. The fraction of sp³-hybridized carbons (Fsp3) is 0.185. The van der Waals surface area contributed by atoms with E-state index in [1.807, 2.05) is 92.3 Å². The number of benzene rings is 3. The average molecular weight is 426 g/mol. The molecule has 5 heteroatoms. The predicted molar refractivity (Wildman–Crippen MR) is 129 cm³/mol. The van der Waals surface area contributed by atoms with E-state index in [-0.39, 0.29) is 5.91 Å². The van der Waals surface area contributed by atoms with Crippen LogP contribution in [0.25, 0.3) is 16.9 Å². The minimum Gasteiger partial charge on any atom is -0.326 e. The number of hydrogen-bond acceptors (Lipinski definition) is 2. The Labute approximate surface area is 189 Å². The number of para-hydroxylation sites is 2. The molecule has 5 nitrogen and oxygen atoms in total. The fourth-order valence-corrected chi connectivity index (χ4v) is 3.95. The Morgan fingerprint density at radius 3 is 2.19 bits per heavy atom. The summed E-state index contributed by atoms with van der Waals surface area (Å²) < 4.78 is 1.92. The molecule has 4 aromatic rings.